The van der Waals surface area contributed by atoms with Crippen LogP contribution in [0.2, 0.25) is 5.15 Å². The monoisotopic (exact) mass is 294 g/mol. The van der Waals surface area contributed by atoms with Gasteiger partial charge in [0.1, 0.15) is 5.15 Å². The summed E-state index contributed by atoms with van der Waals surface area (Å²) >= 11 is 6.14. The second kappa shape index (κ2) is 6.02. The van der Waals surface area contributed by atoms with E-state index in [4.69, 9.17) is 11.6 Å². The average molecular weight is 295 g/mol. The standard InChI is InChI=1S/C13H15ClN4O2/c1-9-12(13(14)17(2)16-9)8-15-7-10-3-5-11(6-4-10)18(19)20/h3-6,15H,7-8H2,1-2H3. The van der Waals surface area contributed by atoms with Crippen LogP contribution < -0.4 is 5.32 Å². The molecule has 0 amide bonds. The van der Waals surface area contributed by atoms with Crippen LogP contribution in [0.1, 0.15) is 16.8 Å². The van der Waals surface area contributed by atoms with Crippen LogP contribution in [0.4, 0.5) is 5.69 Å². The number of hydrogen-bond acceptors (Lipinski definition) is 4. The average Bonchev–Trinajstić information content (AvgIpc) is 2.65. The van der Waals surface area contributed by atoms with Gasteiger partial charge in [-0.1, -0.05) is 23.7 Å². The van der Waals surface area contributed by atoms with Gasteiger partial charge in [-0.15, -0.1) is 0 Å². The van der Waals surface area contributed by atoms with Crippen molar-refractivity contribution in [3.05, 3.63) is 56.4 Å². The van der Waals surface area contributed by atoms with Crippen molar-refractivity contribution in [2.24, 2.45) is 7.05 Å². The molecule has 1 N–H and O–H groups in total. The number of nitro benzene ring substituents is 1. The van der Waals surface area contributed by atoms with Crippen LogP contribution >= 0.6 is 11.6 Å². The van der Waals surface area contributed by atoms with Gasteiger partial charge in [0.2, 0.25) is 0 Å². The highest BCUT2D eigenvalue weighted by Gasteiger charge is 2.10. The maximum absolute atomic E-state index is 10.6. The molecule has 0 radical (unpaired) electrons. The highest BCUT2D eigenvalue weighted by Crippen LogP contribution is 2.18. The Morgan fingerprint density at radius 1 is 1.35 bits per heavy atom. The van der Waals surface area contributed by atoms with Gasteiger partial charge in [0, 0.05) is 37.8 Å². The van der Waals surface area contributed by atoms with E-state index < -0.39 is 4.92 Å². The normalized spacial score (nSPS) is 10.8. The first-order valence-corrected chi connectivity index (χ1v) is 6.49. The Morgan fingerprint density at radius 2 is 2.00 bits per heavy atom. The molecule has 1 heterocycles. The first-order valence-electron chi connectivity index (χ1n) is 6.11. The lowest BCUT2D eigenvalue weighted by Gasteiger charge is -2.05. The largest absolute Gasteiger partial charge is 0.308 e. The molecule has 0 unspecified atom stereocenters. The van der Waals surface area contributed by atoms with Crippen LogP contribution in [0.25, 0.3) is 0 Å². The quantitative estimate of drug-likeness (QED) is 0.679. The van der Waals surface area contributed by atoms with Crippen molar-refractivity contribution in [3.8, 4) is 0 Å². The van der Waals surface area contributed by atoms with Gasteiger partial charge in [-0.2, -0.15) is 5.10 Å². The van der Waals surface area contributed by atoms with E-state index in [1.54, 1.807) is 23.9 Å². The van der Waals surface area contributed by atoms with Gasteiger partial charge in [-0.3, -0.25) is 14.8 Å². The lowest BCUT2D eigenvalue weighted by molar-refractivity contribution is -0.384. The van der Waals surface area contributed by atoms with E-state index in [1.807, 2.05) is 6.92 Å². The van der Waals surface area contributed by atoms with E-state index in [-0.39, 0.29) is 5.69 Å². The number of halogens is 1. The first kappa shape index (κ1) is 14.5. The van der Waals surface area contributed by atoms with Crippen LogP contribution in [-0.2, 0) is 20.1 Å². The second-order valence-corrected chi connectivity index (χ2v) is 4.86. The summed E-state index contributed by atoms with van der Waals surface area (Å²) in [5, 5.41) is 18.7. The summed E-state index contributed by atoms with van der Waals surface area (Å²) in [5.41, 5.74) is 2.94. The molecule has 1 aromatic heterocycles. The maximum Gasteiger partial charge on any atom is 0.269 e. The minimum atomic E-state index is -0.407. The molecule has 0 atom stereocenters. The SMILES string of the molecule is Cc1nn(C)c(Cl)c1CNCc1ccc([N+](=O)[O-])cc1. The molecule has 0 saturated heterocycles. The summed E-state index contributed by atoms with van der Waals surface area (Å²) < 4.78 is 1.64. The summed E-state index contributed by atoms with van der Waals surface area (Å²) in [4.78, 5) is 10.1. The summed E-state index contributed by atoms with van der Waals surface area (Å²) in [7, 11) is 1.80. The van der Waals surface area contributed by atoms with E-state index >= 15 is 0 Å². The zero-order chi connectivity index (χ0) is 14.7. The molecule has 6 nitrogen and oxygen atoms in total. The van der Waals surface area contributed by atoms with Crippen LogP contribution in [0.3, 0.4) is 0 Å². The third kappa shape index (κ3) is 3.15. The van der Waals surface area contributed by atoms with Crippen molar-refractivity contribution in [3.63, 3.8) is 0 Å². The predicted molar refractivity (Wildman–Crippen MR) is 76.6 cm³/mol. The zero-order valence-electron chi connectivity index (χ0n) is 11.3. The van der Waals surface area contributed by atoms with Crippen molar-refractivity contribution >= 4 is 17.3 Å². The molecule has 0 aliphatic rings. The summed E-state index contributed by atoms with van der Waals surface area (Å²) in [6, 6.07) is 6.48. The fourth-order valence-corrected chi connectivity index (χ4v) is 2.18. The van der Waals surface area contributed by atoms with Crippen molar-refractivity contribution in [2.45, 2.75) is 20.0 Å². The van der Waals surface area contributed by atoms with Crippen LogP contribution in [0.15, 0.2) is 24.3 Å². The van der Waals surface area contributed by atoms with Crippen molar-refractivity contribution in [1.29, 1.82) is 0 Å². The van der Waals surface area contributed by atoms with Gasteiger partial charge in [0.15, 0.2) is 0 Å². The van der Waals surface area contributed by atoms with Gasteiger partial charge >= 0.3 is 0 Å². The minimum absolute atomic E-state index is 0.0971. The molecular formula is C13H15ClN4O2. The molecule has 0 spiro atoms. The predicted octanol–water partition coefficient (Wildman–Crippen LogP) is 2.58. The molecule has 0 fully saturated rings. The van der Waals surface area contributed by atoms with E-state index in [0.717, 1.165) is 16.8 Å². The maximum atomic E-state index is 10.6. The number of aryl methyl sites for hydroxylation is 2. The topological polar surface area (TPSA) is 73.0 Å². The molecule has 0 saturated carbocycles. The fourth-order valence-electron chi connectivity index (χ4n) is 1.94. The molecule has 7 heteroatoms. The Morgan fingerprint density at radius 3 is 2.50 bits per heavy atom. The number of rotatable bonds is 5. The molecule has 0 bridgehead atoms. The first-order chi connectivity index (χ1) is 9.49. The molecule has 2 aromatic rings. The van der Waals surface area contributed by atoms with Gasteiger partial charge in [-0.05, 0) is 12.5 Å². The molecule has 106 valence electrons. The number of benzene rings is 1. The highest BCUT2D eigenvalue weighted by atomic mass is 35.5. The van der Waals surface area contributed by atoms with Gasteiger partial charge in [-0.25, -0.2) is 0 Å². The third-order valence-electron chi connectivity index (χ3n) is 3.05. The van der Waals surface area contributed by atoms with E-state index in [0.29, 0.717) is 18.2 Å². The fraction of sp³-hybridized carbons (Fsp3) is 0.308. The van der Waals surface area contributed by atoms with Gasteiger partial charge in [0.25, 0.3) is 5.69 Å². The lowest BCUT2D eigenvalue weighted by atomic mass is 10.2. The molecule has 1 aromatic carbocycles. The van der Waals surface area contributed by atoms with E-state index in [2.05, 4.69) is 10.4 Å². The van der Waals surface area contributed by atoms with E-state index in [1.165, 1.54) is 12.1 Å². The molecule has 20 heavy (non-hydrogen) atoms. The van der Waals surface area contributed by atoms with Crippen LogP contribution in [-0.4, -0.2) is 14.7 Å². The second-order valence-electron chi connectivity index (χ2n) is 4.51. The number of aromatic nitrogens is 2. The van der Waals surface area contributed by atoms with Crippen LogP contribution in [0.5, 0.6) is 0 Å². The number of nitrogens with zero attached hydrogens (tertiary/aromatic N) is 3. The number of nitrogens with one attached hydrogen (secondary N) is 1. The van der Waals surface area contributed by atoms with Crippen molar-refractivity contribution in [1.82, 2.24) is 15.1 Å². The number of hydrogen-bond donors (Lipinski definition) is 1. The number of non-ortho nitro benzene ring substituents is 1. The smallest absolute Gasteiger partial charge is 0.269 e. The minimum Gasteiger partial charge on any atom is -0.308 e. The van der Waals surface area contributed by atoms with Gasteiger partial charge < -0.3 is 5.32 Å². The van der Waals surface area contributed by atoms with Crippen LogP contribution in [0, 0.1) is 17.0 Å². The zero-order valence-corrected chi connectivity index (χ0v) is 12.0. The third-order valence-corrected chi connectivity index (χ3v) is 3.52. The Hall–Kier alpha value is -1.92. The Bertz CT molecular complexity index is 622. The Labute approximate surface area is 121 Å². The molecule has 2 rings (SSSR count). The molecule has 0 aliphatic carbocycles. The Kier molecular flexibility index (Phi) is 4.36. The van der Waals surface area contributed by atoms with Crippen molar-refractivity contribution in [2.75, 3.05) is 0 Å². The molecular weight excluding hydrogens is 280 g/mol. The lowest BCUT2D eigenvalue weighted by Crippen LogP contribution is -2.13. The summed E-state index contributed by atoms with van der Waals surface area (Å²) in [6.45, 7) is 3.13. The summed E-state index contributed by atoms with van der Waals surface area (Å²) in [6.07, 6.45) is 0. The molecule has 0 aliphatic heterocycles. The van der Waals surface area contributed by atoms with Gasteiger partial charge in [0.05, 0.1) is 10.6 Å². The summed E-state index contributed by atoms with van der Waals surface area (Å²) in [5.74, 6) is 0. The Balaban J connectivity index is 1.94. The number of nitro groups is 1. The van der Waals surface area contributed by atoms with Crippen molar-refractivity contribution < 1.29 is 4.92 Å². The van der Waals surface area contributed by atoms with E-state index in [9.17, 15) is 10.1 Å². The highest BCUT2D eigenvalue weighted by molar-refractivity contribution is 6.30.